The summed E-state index contributed by atoms with van der Waals surface area (Å²) in [4.78, 5) is 25.9. The van der Waals surface area contributed by atoms with E-state index >= 15 is 0 Å². The molecule has 21 heavy (non-hydrogen) atoms. The van der Waals surface area contributed by atoms with Crippen molar-refractivity contribution < 1.29 is 24.2 Å². The molecular weight excluding hydrogens is 274 g/mol. The summed E-state index contributed by atoms with van der Waals surface area (Å²) in [5, 5.41) is 9.34. The molecule has 0 bridgehead atoms. The van der Waals surface area contributed by atoms with Crippen LogP contribution in [0.4, 0.5) is 0 Å². The molecule has 2 aliphatic heterocycles. The maximum Gasteiger partial charge on any atom is 0.307 e. The highest BCUT2D eigenvalue weighted by Crippen LogP contribution is 2.35. The molecule has 118 valence electrons. The van der Waals surface area contributed by atoms with Gasteiger partial charge in [-0.2, -0.15) is 0 Å². The summed E-state index contributed by atoms with van der Waals surface area (Å²) in [7, 11) is 0. The van der Waals surface area contributed by atoms with Gasteiger partial charge in [0, 0.05) is 13.0 Å². The van der Waals surface area contributed by atoms with Gasteiger partial charge in [0.05, 0.1) is 31.6 Å². The Morgan fingerprint density at radius 1 is 1.05 bits per heavy atom. The summed E-state index contributed by atoms with van der Waals surface area (Å²) in [5.74, 6) is -2.42. The van der Waals surface area contributed by atoms with Crippen molar-refractivity contribution in [1.82, 2.24) is 4.90 Å². The fourth-order valence-electron chi connectivity index (χ4n) is 3.87. The van der Waals surface area contributed by atoms with Crippen LogP contribution in [0.2, 0.25) is 0 Å². The normalized spacial score (nSPS) is 32.3. The van der Waals surface area contributed by atoms with Crippen molar-refractivity contribution in [3.8, 4) is 0 Å². The Labute approximate surface area is 124 Å². The molecule has 3 fully saturated rings. The number of aliphatic carboxylic acids is 1. The molecule has 0 aromatic rings. The number of carbonyl (C=O) groups is 2. The first-order valence-electron chi connectivity index (χ1n) is 7.91. The van der Waals surface area contributed by atoms with E-state index in [2.05, 4.69) is 0 Å². The van der Waals surface area contributed by atoms with E-state index in [4.69, 9.17) is 9.47 Å². The van der Waals surface area contributed by atoms with Gasteiger partial charge in [0.2, 0.25) is 5.91 Å². The van der Waals surface area contributed by atoms with Crippen LogP contribution in [-0.2, 0) is 19.1 Å². The molecule has 0 aromatic heterocycles. The highest BCUT2D eigenvalue weighted by Gasteiger charge is 2.45. The third-order valence-electron chi connectivity index (χ3n) is 4.94. The largest absolute Gasteiger partial charge is 0.481 e. The summed E-state index contributed by atoms with van der Waals surface area (Å²) < 4.78 is 11.4. The van der Waals surface area contributed by atoms with Gasteiger partial charge in [-0.1, -0.05) is 12.8 Å². The predicted molar refractivity (Wildman–Crippen MR) is 73.5 cm³/mol. The van der Waals surface area contributed by atoms with Crippen LogP contribution in [-0.4, -0.2) is 54.0 Å². The zero-order chi connectivity index (χ0) is 14.9. The van der Waals surface area contributed by atoms with Crippen LogP contribution in [0, 0.1) is 11.8 Å². The van der Waals surface area contributed by atoms with Crippen LogP contribution in [0.25, 0.3) is 0 Å². The topological polar surface area (TPSA) is 76.1 Å². The summed E-state index contributed by atoms with van der Waals surface area (Å²) in [6.07, 6.45) is 4.78. The molecule has 2 atom stereocenters. The number of carboxylic acids is 1. The van der Waals surface area contributed by atoms with Crippen LogP contribution < -0.4 is 0 Å². The molecule has 2 unspecified atom stereocenters. The molecule has 2 saturated heterocycles. The number of ether oxygens (including phenoxy) is 2. The van der Waals surface area contributed by atoms with Crippen molar-refractivity contribution in [2.45, 2.75) is 44.3 Å². The molecule has 0 aromatic carbocycles. The minimum Gasteiger partial charge on any atom is -0.481 e. The Balaban J connectivity index is 1.70. The minimum absolute atomic E-state index is 0.0275. The van der Waals surface area contributed by atoms with E-state index in [0.29, 0.717) is 39.1 Å². The lowest BCUT2D eigenvalue weighted by atomic mass is 9.78. The Bertz CT molecular complexity index is 418. The molecule has 0 radical (unpaired) electrons. The lowest BCUT2D eigenvalue weighted by Crippen LogP contribution is -2.53. The monoisotopic (exact) mass is 297 g/mol. The van der Waals surface area contributed by atoms with Gasteiger partial charge >= 0.3 is 5.97 Å². The molecule has 3 aliphatic rings. The van der Waals surface area contributed by atoms with Crippen molar-refractivity contribution in [2.75, 3.05) is 26.3 Å². The fraction of sp³-hybridized carbons (Fsp3) is 0.867. The molecule has 1 N–H and O–H groups in total. The number of carboxylic acid groups (broad SMARTS) is 1. The lowest BCUT2D eigenvalue weighted by molar-refractivity contribution is -0.195. The Morgan fingerprint density at radius 3 is 2.38 bits per heavy atom. The van der Waals surface area contributed by atoms with E-state index in [9.17, 15) is 14.7 Å². The number of piperidine rings is 1. The lowest BCUT2D eigenvalue weighted by Gasteiger charge is -2.41. The highest BCUT2D eigenvalue weighted by atomic mass is 16.7. The SMILES string of the molecule is O=C(O)C1CCCCC1C(=O)N1CCCC2(C1)OCCO2. The first-order valence-corrected chi connectivity index (χ1v) is 7.91. The maximum atomic E-state index is 12.8. The van der Waals surface area contributed by atoms with E-state index in [1.54, 1.807) is 4.90 Å². The first-order chi connectivity index (χ1) is 10.1. The maximum absolute atomic E-state index is 12.8. The van der Waals surface area contributed by atoms with Gasteiger partial charge in [0.15, 0.2) is 5.79 Å². The van der Waals surface area contributed by atoms with Gasteiger partial charge in [-0.25, -0.2) is 0 Å². The molecule has 2 heterocycles. The first kappa shape index (κ1) is 14.8. The van der Waals surface area contributed by atoms with Gasteiger partial charge in [0.25, 0.3) is 0 Å². The second kappa shape index (κ2) is 5.93. The molecular formula is C15H23NO5. The molecule has 6 nitrogen and oxygen atoms in total. The van der Waals surface area contributed by atoms with Gasteiger partial charge in [-0.05, 0) is 19.3 Å². The van der Waals surface area contributed by atoms with Crippen LogP contribution in [0.1, 0.15) is 38.5 Å². The average molecular weight is 297 g/mol. The Hall–Kier alpha value is -1.14. The van der Waals surface area contributed by atoms with Gasteiger partial charge in [-0.3, -0.25) is 9.59 Å². The molecule has 1 saturated carbocycles. The van der Waals surface area contributed by atoms with Crippen LogP contribution in [0.5, 0.6) is 0 Å². The summed E-state index contributed by atoms with van der Waals surface area (Å²) in [6.45, 7) is 2.26. The van der Waals surface area contributed by atoms with E-state index in [1.807, 2.05) is 0 Å². The number of hydrogen-bond donors (Lipinski definition) is 1. The van der Waals surface area contributed by atoms with Crippen LogP contribution >= 0.6 is 0 Å². The molecule has 1 amide bonds. The quantitative estimate of drug-likeness (QED) is 0.830. The molecule has 3 rings (SSSR count). The number of amides is 1. The van der Waals surface area contributed by atoms with E-state index in [1.165, 1.54) is 0 Å². The second-order valence-electron chi connectivity index (χ2n) is 6.31. The van der Waals surface area contributed by atoms with Crippen molar-refractivity contribution in [3.63, 3.8) is 0 Å². The zero-order valence-corrected chi connectivity index (χ0v) is 12.3. The third kappa shape index (κ3) is 2.92. The summed E-state index contributed by atoms with van der Waals surface area (Å²) in [6, 6.07) is 0. The Morgan fingerprint density at radius 2 is 1.71 bits per heavy atom. The van der Waals surface area contributed by atoms with Crippen molar-refractivity contribution in [3.05, 3.63) is 0 Å². The van der Waals surface area contributed by atoms with Gasteiger partial charge < -0.3 is 19.5 Å². The second-order valence-corrected chi connectivity index (χ2v) is 6.31. The van der Waals surface area contributed by atoms with E-state index in [-0.39, 0.29) is 11.8 Å². The van der Waals surface area contributed by atoms with Crippen molar-refractivity contribution >= 4 is 11.9 Å². The summed E-state index contributed by atoms with van der Waals surface area (Å²) >= 11 is 0. The summed E-state index contributed by atoms with van der Waals surface area (Å²) in [5.41, 5.74) is 0. The minimum atomic E-state index is -0.840. The zero-order valence-electron chi connectivity index (χ0n) is 12.3. The van der Waals surface area contributed by atoms with Crippen LogP contribution in [0.3, 0.4) is 0 Å². The standard InChI is InChI=1S/C15H23NO5/c17-13(11-4-1-2-5-12(11)14(18)19)16-7-3-6-15(10-16)20-8-9-21-15/h11-12H,1-10H2,(H,18,19). The van der Waals surface area contributed by atoms with Crippen molar-refractivity contribution in [1.29, 1.82) is 0 Å². The highest BCUT2D eigenvalue weighted by molar-refractivity contribution is 5.85. The van der Waals surface area contributed by atoms with Crippen molar-refractivity contribution in [2.24, 2.45) is 11.8 Å². The smallest absolute Gasteiger partial charge is 0.307 e. The number of likely N-dealkylation sites (tertiary alicyclic amines) is 1. The van der Waals surface area contributed by atoms with Crippen LogP contribution in [0.15, 0.2) is 0 Å². The molecule has 6 heteroatoms. The van der Waals surface area contributed by atoms with E-state index < -0.39 is 17.7 Å². The Kier molecular flexibility index (Phi) is 4.17. The predicted octanol–water partition coefficient (Wildman–Crippen LogP) is 1.24. The average Bonchev–Trinajstić information content (AvgIpc) is 2.94. The number of hydrogen-bond acceptors (Lipinski definition) is 4. The number of carbonyl (C=O) groups excluding carboxylic acids is 1. The van der Waals surface area contributed by atoms with Gasteiger partial charge in [-0.15, -0.1) is 0 Å². The molecule has 1 spiro atoms. The molecule has 1 aliphatic carbocycles. The van der Waals surface area contributed by atoms with Gasteiger partial charge in [0.1, 0.15) is 0 Å². The van der Waals surface area contributed by atoms with E-state index in [0.717, 1.165) is 25.7 Å². The number of nitrogens with zero attached hydrogens (tertiary/aromatic N) is 1. The third-order valence-corrected chi connectivity index (χ3v) is 4.94. The number of rotatable bonds is 2. The fourth-order valence-corrected chi connectivity index (χ4v) is 3.87.